The lowest BCUT2D eigenvalue weighted by atomic mass is 10.1. The number of rotatable bonds is 3. The summed E-state index contributed by atoms with van der Waals surface area (Å²) in [6.07, 6.45) is -4.69. The first-order valence-corrected chi connectivity index (χ1v) is 4.86. The number of hydrogen-bond acceptors (Lipinski definition) is 3. The van der Waals surface area contributed by atoms with E-state index >= 15 is 0 Å². The summed E-state index contributed by atoms with van der Waals surface area (Å²) in [4.78, 5) is 8.90. The molecule has 0 spiro atoms. The van der Waals surface area contributed by atoms with Crippen LogP contribution in [0.5, 0.6) is 0 Å². The minimum atomic E-state index is -5.08. The molecule has 1 heterocycles. The Kier molecular flexibility index (Phi) is 6.35. The van der Waals surface area contributed by atoms with Gasteiger partial charge in [0.05, 0.1) is 12.7 Å². The summed E-state index contributed by atoms with van der Waals surface area (Å²) in [5.74, 6) is -1.97. The minimum Gasteiger partial charge on any atom is -0.475 e. The number of carbonyl (C=O) groups is 1. The molecule has 0 atom stereocenters. The molecule has 0 bridgehead atoms. The van der Waals surface area contributed by atoms with Crippen LogP contribution in [0.25, 0.3) is 0 Å². The first kappa shape index (κ1) is 15.2. The van der Waals surface area contributed by atoms with Gasteiger partial charge in [0.15, 0.2) is 0 Å². The van der Waals surface area contributed by atoms with E-state index in [0.717, 1.165) is 25.6 Å². The van der Waals surface area contributed by atoms with Gasteiger partial charge in [0.2, 0.25) is 0 Å². The van der Waals surface area contributed by atoms with Crippen molar-refractivity contribution in [3.05, 3.63) is 0 Å². The molecule has 7 heteroatoms. The van der Waals surface area contributed by atoms with Gasteiger partial charge in [-0.25, -0.2) is 4.79 Å². The number of carboxylic acid groups (broad SMARTS) is 1. The predicted molar refractivity (Wildman–Crippen MR) is 51.1 cm³/mol. The first-order chi connectivity index (χ1) is 7.23. The van der Waals surface area contributed by atoms with Crippen LogP contribution in [0.2, 0.25) is 0 Å². The SMILES string of the molecule is CC(C)OCC1CNC1.O=C(O)C(F)(F)F. The molecule has 16 heavy (non-hydrogen) atoms. The van der Waals surface area contributed by atoms with Crippen molar-refractivity contribution >= 4 is 5.97 Å². The molecule has 1 aliphatic rings. The second-order valence-electron chi connectivity index (χ2n) is 3.71. The van der Waals surface area contributed by atoms with Gasteiger partial charge >= 0.3 is 12.1 Å². The van der Waals surface area contributed by atoms with Crippen LogP contribution in [0.15, 0.2) is 0 Å². The van der Waals surface area contributed by atoms with Crippen LogP contribution in [0.4, 0.5) is 13.2 Å². The smallest absolute Gasteiger partial charge is 0.475 e. The summed E-state index contributed by atoms with van der Waals surface area (Å²) in [6.45, 7) is 7.38. The average Bonchev–Trinajstić information content (AvgIpc) is 1.99. The molecular formula is C9H16F3NO3. The summed E-state index contributed by atoms with van der Waals surface area (Å²) >= 11 is 0. The fourth-order valence-corrected chi connectivity index (χ4v) is 0.795. The van der Waals surface area contributed by atoms with Crippen LogP contribution in [-0.4, -0.2) is 43.1 Å². The molecule has 0 aromatic rings. The maximum atomic E-state index is 10.6. The van der Waals surface area contributed by atoms with E-state index in [1.807, 2.05) is 0 Å². The zero-order valence-electron chi connectivity index (χ0n) is 9.17. The molecule has 4 nitrogen and oxygen atoms in total. The quantitative estimate of drug-likeness (QED) is 0.783. The van der Waals surface area contributed by atoms with Crippen molar-refractivity contribution in [3.8, 4) is 0 Å². The van der Waals surface area contributed by atoms with Crippen molar-refractivity contribution in [2.45, 2.75) is 26.1 Å². The van der Waals surface area contributed by atoms with Crippen LogP contribution < -0.4 is 5.32 Å². The molecule has 1 saturated heterocycles. The van der Waals surface area contributed by atoms with Crippen LogP contribution in [0, 0.1) is 5.92 Å². The van der Waals surface area contributed by atoms with Gasteiger partial charge in [-0.1, -0.05) is 0 Å². The molecule has 2 N–H and O–H groups in total. The number of carboxylic acids is 1. The third-order valence-electron chi connectivity index (χ3n) is 1.77. The van der Waals surface area contributed by atoms with Gasteiger partial charge in [0, 0.05) is 19.0 Å². The normalized spacial score (nSPS) is 16.4. The van der Waals surface area contributed by atoms with E-state index < -0.39 is 12.1 Å². The van der Waals surface area contributed by atoms with Crippen molar-refractivity contribution in [1.82, 2.24) is 5.32 Å². The fraction of sp³-hybridized carbons (Fsp3) is 0.889. The molecule has 0 unspecified atom stereocenters. The van der Waals surface area contributed by atoms with Crippen molar-refractivity contribution in [1.29, 1.82) is 0 Å². The fourth-order valence-electron chi connectivity index (χ4n) is 0.795. The number of nitrogens with one attached hydrogen (secondary N) is 1. The predicted octanol–water partition coefficient (Wildman–Crippen LogP) is 1.26. The van der Waals surface area contributed by atoms with Crippen molar-refractivity contribution < 1.29 is 27.8 Å². The highest BCUT2D eigenvalue weighted by Gasteiger charge is 2.38. The Hall–Kier alpha value is -0.820. The van der Waals surface area contributed by atoms with Gasteiger partial charge in [-0.3, -0.25) is 0 Å². The molecule has 96 valence electrons. The number of hydrogen-bond donors (Lipinski definition) is 2. The largest absolute Gasteiger partial charge is 0.490 e. The summed E-state index contributed by atoms with van der Waals surface area (Å²) in [6, 6.07) is 0. The molecule has 1 rings (SSSR count). The molecular weight excluding hydrogens is 227 g/mol. The Bertz CT molecular complexity index is 215. The maximum Gasteiger partial charge on any atom is 0.490 e. The van der Waals surface area contributed by atoms with Crippen molar-refractivity contribution in [3.63, 3.8) is 0 Å². The number of aliphatic carboxylic acids is 1. The lowest BCUT2D eigenvalue weighted by Crippen LogP contribution is -2.44. The molecule has 0 saturated carbocycles. The van der Waals surface area contributed by atoms with Crippen LogP contribution in [0.1, 0.15) is 13.8 Å². The lowest BCUT2D eigenvalue weighted by molar-refractivity contribution is -0.192. The number of alkyl halides is 3. The topological polar surface area (TPSA) is 58.6 Å². The van der Waals surface area contributed by atoms with E-state index in [1.165, 1.54) is 0 Å². The highest BCUT2D eigenvalue weighted by Crippen LogP contribution is 2.13. The van der Waals surface area contributed by atoms with Gasteiger partial charge in [-0.15, -0.1) is 0 Å². The molecule has 0 aromatic heterocycles. The third kappa shape index (κ3) is 7.47. The Labute approximate surface area is 91.8 Å². The third-order valence-corrected chi connectivity index (χ3v) is 1.77. The highest BCUT2D eigenvalue weighted by molar-refractivity contribution is 5.73. The number of ether oxygens (including phenoxy) is 1. The summed E-state index contributed by atoms with van der Waals surface area (Å²) in [7, 11) is 0. The van der Waals surface area contributed by atoms with E-state index in [-0.39, 0.29) is 0 Å². The van der Waals surface area contributed by atoms with Gasteiger partial charge in [0.25, 0.3) is 0 Å². The molecule has 0 aliphatic carbocycles. The Balaban J connectivity index is 0.000000293. The second kappa shape index (κ2) is 6.70. The van der Waals surface area contributed by atoms with E-state index in [4.69, 9.17) is 14.6 Å². The van der Waals surface area contributed by atoms with E-state index in [2.05, 4.69) is 19.2 Å². The van der Waals surface area contributed by atoms with Gasteiger partial charge in [-0.05, 0) is 13.8 Å². The summed E-state index contributed by atoms with van der Waals surface area (Å²) in [5, 5.41) is 10.3. The molecule has 1 fully saturated rings. The number of halogens is 3. The first-order valence-electron chi connectivity index (χ1n) is 4.86. The molecule has 0 radical (unpaired) electrons. The Morgan fingerprint density at radius 2 is 1.94 bits per heavy atom. The maximum absolute atomic E-state index is 10.6. The molecule has 0 amide bonds. The molecule has 1 aliphatic heterocycles. The Morgan fingerprint density at radius 1 is 1.50 bits per heavy atom. The average molecular weight is 243 g/mol. The second-order valence-corrected chi connectivity index (χ2v) is 3.71. The lowest BCUT2D eigenvalue weighted by Gasteiger charge is -2.27. The van der Waals surface area contributed by atoms with Crippen molar-refractivity contribution in [2.75, 3.05) is 19.7 Å². The van der Waals surface area contributed by atoms with Gasteiger partial charge < -0.3 is 15.2 Å². The summed E-state index contributed by atoms with van der Waals surface area (Å²) < 4.78 is 37.1. The van der Waals surface area contributed by atoms with E-state index in [0.29, 0.717) is 6.10 Å². The van der Waals surface area contributed by atoms with Crippen molar-refractivity contribution in [2.24, 2.45) is 5.92 Å². The minimum absolute atomic E-state index is 0.394. The monoisotopic (exact) mass is 243 g/mol. The highest BCUT2D eigenvalue weighted by atomic mass is 19.4. The van der Waals surface area contributed by atoms with Crippen LogP contribution in [0.3, 0.4) is 0 Å². The zero-order valence-corrected chi connectivity index (χ0v) is 9.17. The van der Waals surface area contributed by atoms with Gasteiger partial charge in [-0.2, -0.15) is 13.2 Å². The standard InChI is InChI=1S/C7H15NO.C2HF3O2/c1-6(2)9-5-7-3-8-4-7;3-2(4,5)1(6)7/h6-8H,3-5H2,1-2H3;(H,6,7). The zero-order chi connectivity index (χ0) is 12.8. The molecule has 0 aromatic carbocycles. The van der Waals surface area contributed by atoms with Gasteiger partial charge in [0.1, 0.15) is 0 Å². The van der Waals surface area contributed by atoms with E-state index in [9.17, 15) is 13.2 Å². The van der Waals surface area contributed by atoms with Crippen LogP contribution in [-0.2, 0) is 9.53 Å². The van der Waals surface area contributed by atoms with Crippen LogP contribution >= 0.6 is 0 Å². The Morgan fingerprint density at radius 3 is 2.12 bits per heavy atom. The summed E-state index contributed by atoms with van der Waals surface area (Å²) in [5.41, 5.74) is 0. The van der Waals surface area contributed by atoms with E-state index in [1.54, 1.807) is 0 Å².